The topological polar surface area (TPSA) is 59.8 Å². The lowest BCUT2D eigenvalue weighted by Gasteiger charge is -2.09. The highest BCUT2D eigenvalue weighted by Crippen LogP contribution is 2.20. The van der Waals surface area contributed by atoms with Crippen LogP contribution in [0.1, 0.15) is 15.9 Å². The van der Waals surface area contributed by atoms with Gasteiger partial charge >= 0.3 is 0 Å². The normalized spacial score (nSPS) is 10.5. The zero-order valence-corrected chi connectivity index (χ0v) is 13.4. The van der Waals surface area contributed by atoms with Gasteiger partial charge in [0.2, 0.25) is 0 Å². The van der Waals surface area contributed by atoms with Gasteiger partial charge in [0.25, 0.3) is 5.91 Å². The number of aromatic nitrogens is 3. The smallest absolute Gasteiger partial charge is 0.258 e. The molecule has 5 nitrogen and oxygen atoms in total. The monoisotopic (exact) mass is 346 g/mol. The summed E-state index contributed by atoms with van der Waals surface area (Å²) in [5.74, 6) is 0.260. The number of carbonyl (C=O) groups excluding carboxylic acids is 1. The molecule has 0 spiro atoms. The first kappa shape index (κ1) is 15.5. The SMILES string of the molecule is O=C(Nc1ccnn1Cc1ccccc1)c1cnc(Cl)c(Cl)c1. The number of carbonyl (C=O) groups is 1. The van der Waals surface area contributed by atoms with Crippen LogP contribution in [0.3, 0.4) is 0 Å². The van der Waals surface area contributed by atoms with Gasteiger partial charge in [-0.2, -0.15) is 5.10 Å². The number of halogens is 2. The summed E-state index contributed by atoms with van der Waals surface area (Å²) in [5, 5.41) is 7.42. The number of benzene rings is 1. The number of hydrogen-bond acceptors (Lipinski definition) is 3. The molecule has 0 atom stereocenters. The summed E-state index contributed by atoms with van der Waals surface area (Å²) in [6, 6.07) is 13.1. The molecule has 0 fully saturated rings. The maximum Gasteiger partial charge on any atom is 0.258 e. The van der Waals surface area contributed by atoms with E-state index in [-0.39, 0.29) is 16.1 Å². The zero-order valence-electron chi connectivity index (χ0n) is 11.9. The van der Waals surface area contributed by atoms with Crippen LogP contribution in [0.5, 0.6) is 0 Å². The number of anilines is 1. The molecule has 0 unspecified atom stereocenters. The predicted octanol–water partition coefficient (Wildman–Crippen LogP) is 3.89. The van der Waals surface area contributed by atoms with Gasteiger partial charge in [0.05, 0.1) is 23.3 Å². The predicted molar refractivity (Wildman–Crippen MR) is 90.0 cm³/mol. The number of rotatable bonds is 4. The summed E-state index contributed by atoms with van der Waals surface area (Å²) in [6.07, 6.45) is 3.01. The van der Waals surface area contributed by atoms with E-state index in [1.807, 2.05) is 30.3 Å². The van der Waals surface area contributed by atoms with E-state index in [1.54, 1.807) is 16.9 Å². The molecule has 1 aromatic carbocycles. The highest BCUT2D eigenvalue weighted by atomic mass is 35.5. The summed E-state index contributed by atoms with van der Waals surface area (Å²) < 4.78 is 1.71. The average Bonchev–Trinajstić information content (AvgIpc) is 2.98. The second kappa shape index (κ2) is 6.81. The van der Waals surface area contributed by atoms with Crippen molar-refractivity contribution in [3.8, 4) is 0 Å². The molecule has 23 heavy (non-hydrogen) atoms. The molecule has 2 heterocycles. The second-order valence-corrected chi connectivity index (χ2v) is 5.58. The fourth-order valence-corrected chi connectivity index (χ4v) is 2.32. The van der Waals surface area contributed by atoms with Gasteiger partial charge in [-0.1, -0.05) is 53.5 Å². The summed E-state index contributed by atoms with van der Waals surface area (Å²) in [4.78, 5) is 16.2. The minimum Gasteiger partial charge on any atom is -0.307 e. The molecule has 1 amide bonds. The molecule has 2 aromatic heterocycles. The lowest BCUT2D eigenvalue weighted by molar-refractivity contribution is 0.102. The first-order valence-electron chi connectivity index (χ1n) is 6.81. The lowest BCUT2D eigenvalue weighted by Crippen LogP contribution is -2.16. The Morgan fingerprint density at radius 3 is 2.70 bits per heavy atom. The van der Waals surface area contributed by atoms with E-state index in [2.05, 4.69) is 15.4 Å². The highest BCUT2D eigenvalue weighted by Gasteiger charge is 2.12. The van der Waals surface area contributed by atoms with Gasteiger partial charge in [0.1, 0.15) is 11.0 Å². The second-order valence-electron chi connectivity index (χ2n) is 4.81. The number of nitrogens with zero attached hydrogens (tertiary/aromatic N) is 3. The van der Waals surface area contributed by atoms with Crippen LogP contribution in [0.4, 0.5) is 5.82 Å². The van der Waals surface area contributed by atoms with Gasteiger partial charge in [0.15, 0.2) is 0 Å². The number of amides is 1. The molecule has 1 N–H and O–H groups in total. The van der Waals surface area contributed by atoms with Gasteiger partial charge in [0, 0.05) is 12.3 Å². The van der Waals surface area contributed by atoms with E-state index in [0.717, 1.165) is 5.56 Å². The van der Waals surface area contributed by atoms with Crippen molar-refractivity contribution in [3.05, 3.63) is 76.2 Å². The molecule has 0 saturated carbocycles. The fourth-order valence-electron chi connectivity index (χ4n) is 2.06. The van der Waals surface area contributed by atoms with Crippen molar-refractivity contribution in [1.29, 1.82) is 0 Å². The Bertz CT molecular complexity index is 833. The minimum absolute atomic E-state index is 0.164. The molecule has 7 heteroatoms. The molecule has 3 aromatic rings. The van der Waals surface area contributed by atoms with E-state index >= 15 is 0 Å². The molecular formula is C16H12Cl2N4O. The first-order valence-corrected chi connectivity index (χ1v) is 7.57. The van der Waals surface area contributed by atoms with Crippen LogP contribution >= 0.6 is 23.2 Å². The molecule has 116 valence electrons. The van der Waals surface area contributed by atoms with Crippen LogP contribution in [0.15, 0.2) is 54.9 Å². The Hall–Kier alpha value is -2.37. The van der Waals surface area contributed by atoms with Gasteiger partial charge in [-0.05, 0) is 11.6 Å². The Morgan fingerprint density at radius 2 is 1.96 bits per heavy atom. The van der Waals surface area contributed by atoms with E-state index in [4.69, 9.17) is 23.2 Å². The van der Waals surface area contributed by atoms with Gasteiger partial charge in [-0.15, -0.1) is 0 Å². The van der Waals surface area contributed by atoms with Crippen molar-refractivity contribution in [2.45, 2.75) is 6.54 Å². The third-order valence-corrected chi connectivity index (χ3v) is 3.88. The maximum atomic E-state index is 12.3. The Labute approximate surface area is 142 Å². The third kappa shape index (κ3) is 3.70. The number of hydrogen-bond donors (Lipinski definition) is 1. The van der Waals surface area contributed by atoms with Crippen LogP contribution in [0.25, 0.3) is 0 Å². The number of nitrogens with one attached hydrogen (secondary N) is 1. The third-order valence-electron chi connectivity index (χ3n) is 3.19. The summed E-state index contributed by atoms with van der Waals surface area (Å²) in [5.41, 5.74) is 1.41. The first-order chi connectivity index (χ1) is 11.1. The molecule has 0 bridgehead atoms. The molecule has 3 rings (SSSR count). The molecule has 0 saturated heterocycles. The average molecular weight is 347 g/mol. The fraction of sp³-hybridized carbons (Fsp3) is 0.0625. The quantitative estimate of drug-likeness (QED) is 0.729. The van der Waals surface area contributed by atoms with E-state index < -0.39 is 0 Å². The van der Waals surface area contributed by atoms with Crippen molar-refractivity contribution < 1.29 is 4.79 Å². The van der Waals surface area contributed by atoms with Crippen LogP contribution in [0.2, 0.25) is 10.2 Å². The highest BCUT2D eigenvalue weighted by molar-refractivity contribution is 6.41. The molecular weight excluding hydrogens is 335 g/mol. The van der Waals surface area contributed by atoms with Gasteiger partial charge < -0.3 is 5.32 Å². The van der Waals surface area contributed by atoms with Crippen LogP contribution in [-0.4, -0.2) is 20.7 Å². The zero-order chi connectivity index (χ0) is 16.2. The minimum atomic E-state index is -0.328. The van der Waals surface area contributed by atoms with Crippen molar-refractivity contribution in [1.82, 2.24) is 14.8 Å². The molecule has 0 aliphatic rings. The standard InChI is InChI=1S/C16H12Cl2N4O/c17-13-8-12(9-19-15(13)18)16(23)21-14-6-7-20-22(14)10-11-4-2-1-3-5-11/h1-9H,10H2,(H,21,23). The van der Waals surface area contributed by atoms with Crippen LogP contribution in [-0.2, 0) is 6.54 Å². The summed E-state index contributed by atoms with van der Waals surface area (Å²) >= 11 is 11.6. The molecule has 0 aliphatic heterocycles. The van der Waals surface area contributed by atoms with Crippen LogP contribution in [0, 0.1) is 0 Å². The largest absolute Gasteiger partial charge is 0.307 e. The summed E-state index contributed by atoms with van der Waals surface area (Å²) in [7, 11) is 0. The van der Waals surface area contributed by atoms with Crippen LogP contribution < -0.4 is 5.32 Å². The van der Waals surface area contributed by atoms with Gasteiger partial charge in [-0.3, -0.25) is 4.79 Å². The lowest BCUT2D eigenvalue weighted by atomic mass is 10.2. The van der Waals surface area contributed by atoms with E-state index in [0.29, 0.717) is 17.9 Å². The Morgan fingerprint density at radius 1 is 1.17 bits per heavy atom. The van der Waals surface area contributed by atoms with E-state index in [9.17, 15) is 4.79 Å². The Kier molecular flexibility index (Phi) is 4.60. The van der Waals surface area contributed by atoms with Crippen molar-refractivity contribution in [3.63, 3.8) is 0 Å². The van der Waals surface area contributed by atoms with Gasteiger partial charge in [-0.25, -0.2) is 9.67 Å². The maximum absolute atomic E-state index is 12.3. The van der Waals surface area contributed by atoms with E-state index in [1.165, 1.54) is 12.3 Å². The molecule has 0 aliphatic carbocycles. The Balaban J connectivity index is 1.77. The van der Waals surface area contributed by atoms with Crippen molar-refractivity contribution in [2.75, 3.05) is 5.32 Å². The van der Waals surface area contributed by atoms with Crippen molar-refractivity contribution >= 4 is 34.9 Å². The number of pyridine rings is 1. The summed E-state index contributed by atoms with van der Waals surface area (Å²) in [6.45, 7) is 0.559. The molecule has 0 radical (unpaired) electrons. The van der Waals surface area contributed by atoms with Crippen molar-refractivity contribution in [2.24, 2.45) is 0 Å².